The smallest absolute Gasteiger partial charge is 0.306 e. The molecule has 6 amide bonds. The van der Waals surface area contributed by atoms with Crippen molar-refractivity contribution in [2.24, 2.45) is 17.8 Å². The van der Waals surface area contributed by atoms with Crippen molar-refractivity contribution in [2.45, 2.75) is 168 Å². The molecule has 4 unspecified atom stereocenters. The van der Waals surface area contributed by atoms with Gasteiger partial charge in [-0.2, -0.15) is 0 Å². The van der Waals surface area contributed by atoms with Crippen LogP contribution in [-0.2, 0) is 49.5 Å². The Kier molecular flexibility index (Phi) is 28.8. The molecule has 3 rings (SSSR count). The number of aromatic nitrogens is 1. The van der Waals surface area contributed by atoms with Gasteiger partial charge in [0, 0.05) is 76.4 Å². The minimum atomic E-state index is -1.41. The molecule has 1 saturated heterocycles. The number of carboxylic acid groups (broad SMARTS) is 1. The Balaban J connectivity index is 1.66. The molecule has 1 aromatic heterocycles. The van der Waals surface area contributed by atoms with Gasteiger partial charge in [0.15, 0.2) is 6.10 Å². The van der Waals surface area contributed by atoms with Crippen LogP contribution in [0, 0.1) is 17.8 Å². The van der Waals surface area contributed by atoms with Crippen LogP contribution in [0.2, 0.25) is 0 Å². The lowest BCUT2D eigenvalue weighted by Gasteiger charge is -2.38. The molecule has 9 N–H and O–H groups in total. The highest BCUT2D eigenvalue weighted by Gasteiger charge is 2.37. The maximum atomic E-state index is 14.4. The quantitative estimate of drug-likeness (QED) is 0.0139. The molecule has 0 radical (unpaired) electrons. The largest absolute Gasteiger partial charge is 0.506 e. The molecule has 1 aromatic carbocycles. The summed E-state index contributed by atoms with van der Waals surface area (Å²) in [4.78, 5) is 111. The number of hydrogen-bond donors (Lipinski definition) is 9. The van der Waals surface area contributed by atoms with E-state index in [0.717, 1.165) is 49.6 Å². The second-order valence-corrected chi connectivity index (χ2v) is 22.1. The first-order valence-electron chi connectivity index (χ1n) is 26.8. The van der Waals surface area contributed by atoms with Crippen molar-refractivity contribution in [3.05, 3.63) is 50.4 Å². The fourth-order valence-corrected chi connectivity index (χ4v) is 10.1. The molecule has 8 atom stereocenters. The zero-order valence-corrected chi connectivity index (χ0v) is 48.6. The Morgan fingerprint density at radius 1 is 0.948 bits per heavy atom. The summed E-state index contributed by atoms with van der Waals surface area (Å²) < 4.78 is 5.82. The molecule has 1 aliphatic heterocycles. The van der Waals surface area contributed by atoms with E-state index in [0.29, 0.717) is 36.4 Å². The fourth-order valence-electron chi connectivity index (χ4n) is 8.87. The Morgan fingerprint density at radius 3 is 2.26 bits per heavy atom. The first-order chi connectivity index (χ1) is 36.4. The number of phenols is 1. The number of rotatable bonds is 33. The van der Waals surface area contributed by atoms with Gasteiger partial charge in [-0.05, 0) is 104 Å². The first kappa shape index (κ1) is 65.8. The Bertz CT molecular complexity index is 2320. The van der Waals surface area contributed by atoms with E-state index >= 15 is 0 Å². The number of amides is 6. The third-order valence-corrected chi connectivity index (χ3v) is 15.2. The van der Waals surface area contributed by atoms with Gasteiger partial charge in [0.05, 0.1) is 27.8 Å². The van der Waals surface area contributed by atoms with Gasteiger partial charge in [-0.25, -0.2) is 4.98 Å². The second-order valence-electron chi connectivity index (χ2n) is 20.4. The van der Waals surface area contributed by atoms with Crippen LogP contribution in [0.4, 0.5) is 5.69 Å². The van der Waals surface area contributed by atoms with Crippen molar-refractivity contribution in [2.75, 3.05) is 45.6 Å². The summed E-state index contributed by atoms with van der Waals surface area (Å²) >= 11 is 4.25. The molecule has 0 aliphatic carbocycles. The van der Waals surface area contributed by atoms with Gasteiger partial charge >= 0.3 is 11.9 Å². The topological polar surface area (TPSA) is 298 Å². The normalized spacial score (nSPS) is 16.7. The number of halogens is 1. The number of unbranched alkanes of at least 4 members (excludes halogenated alkanes) is 1. The predicted molar refractivity (Wildman–Crippen MR) is 297 cm³/mol. The highest BCUT2D eigenvalue weighted by atomic mass is 79.9. The predicted octanol–water partition coefficient (Wildman–Crippen LogP) is 5.57. The summed E-state index contributed by atoms with van der Waals surface area (Å²) in [7, 11) is 3.61. The molecule has 430 valence electrons. The van der Waals surface area contributed by atoms with Crippen LogP contribution < -0.4 is 31.9 Å². The van der Waals surface area contributed by atoms with Gasteiger partial charge < -0.3 is 51.5 Å². The number of esters is 1. The lowest BCUT2D eigenvalue weighted by atomic mass is 9.92. The van der Waals surface area contributed by atoms with Crippen molar-refractivity contribution in [3.63, 3.8) is 0 Å². The van der Waals surface area contributed by atoms with Crippen molar-refractivity contribution in [1.82, 2.24) is 41.4 Å². The zero-order chi connectivity index (χ0) is 57.4. The molecular formula is C54H84BrN9O12S. The lowest BCUT2D eigenvalue weighted by molar-refractivity contribution is -0.149. The maximum absolute atomic E-state index is 14.4. The number of carboxylic acids is 1. The number of phenolic OH excluding ortho intramolecular Hbond substituents is 1. The number of nitrogens with zero attached hydrogens (tertiary/aromatic N) is 3. The van der Waals surface area contributed by atoms with E-state index in [1.54, 1.807) is 29.5 Å². The number of likely N-dealkylation sites (tertiary alicyclic amines) is 1. The molecule has 23 heteroatoms. The summed E-state index contributed by atoms with van der Waals surface area (Å²) in [5, 5.41) is 51.0. The van der Waals surface area contributed by atoms with E-state index in [1.807, 2.05) is 46.6 Å². The van der Waals surface area contributed by atoms with Crippen LogP contribution in [0.5, 0.6) is 5.75 Å². The van der Waals surface area contributed by atoms with Crippen LogP contribution in [0.25, 0.3) is 0 Å². The molecule has 2 heterocycles. The highest BCUT2D eigenvalue weighted by Crippen LogP contribution is 2.33. The zero-order valence-electron chi connectivity index (χ0n) is 46.2. The van der Waals surface area contributed by atoms with Crippen molar-refractivity contribution in [1.29, 1.82) is 0 Å². The minimum Gasteiger partial charge on any atom is -0.506 e. The van der Waals surface area contributed by atoms with E-state index in [1.165, 1.54) is 19.9 Å². The number of aliphatic carboxylic acids is 1. The number of hydrogen-bond acceptors (Lipinski definition) is 15. The van der Waals surface area contributed by atoms with E-state index in [4.69, 9.17) is 4.74 Å². The number of ether oxygens (including phenoxy) is 1. The Hall–Kier alpha value is -5.49. The van der Waals surface area contributed by atoms with Crippen molar-refractivity contribution < 1.29 is 58.4 Å². The SMILES string of the molecule is CCCCNC(=O)CCCNC(=O)/C(Br)=C/C(=O)NCCCC(=O)Nc1cc(CC(CC(C)C(=O)O)NC(O)c2csc([C@@H](CC(C(C)C)N(C)C(=O)[C@@H](NC(=O)[C@H]3CCCCN3C)[C@@H](C)CC)OC(C)=O)n2)ccc1O. The number of nitrogens with one attached hydrogen (secondary N) is 6. The summed E-state index contributed by atoms with van der Waals surface area (Å²) in [5.74, 6) is -5.05. The number of thiazole rings is 1. The van der Waals surface area contributed by atoms with Gasteiger partial charge in [-0.15, -0.1) is 11.3 Å². The molecule has 0 spiro atoms. The third-order valence-electron chi connectivity index (χ3n) is 13.7. The molecule has 0 saturated carbocycles. The van der Waals surface area contributed by atoms with Crippen LogP contribution in [-0.4, -0.2) is 142 Å². The second kappa shape index (κ2) is 33.7. The van der Waals surface area contributed by atoms with E-state index < -0.39 is 66.0 Å². The van der Waals surface area contributed by atoms with Gasteiger partial charge in [-0.3, -0.25) is 48.6 Å². The Morgan fingerprint density at radius 2 is 1.62 bits per heavy atom. The summed E-state index contributed by atoms with van der Waals surface area (Å²) in [5.41, 5.74) is 0.867. The van der Waals surface area contributed by atoms with Crippen LogP contribution in [0.15, 0.2) is 34.1 Å². The molecule has 2 aromatic rings. The van der Waals surface area contributed by atoms with Crippen LogP contribution in [0.3, 0.4) is 0 Å². The number of aromatic hydroxyl groups is 1. The van der Waals surface area contributed by atoms with Crippen LogP contribution in [0.1, 0.15) is 154 Å². The average molecular weight is 1160 g/mol. The van der Waals surface area contributed by atoms with Gasteiger partial charge in [0.1, 0.15) is 23.0 Å². The lowest BCUT2D eigenvalue weighted by Crippen LogP contribution is -2.58. The number of aliphatic hydroxyl groups excluding tert-OH is 1. The molecule has 1 aliphatic rings. The number of likely N-dealkylation sites (N-methyl/N-ethyl adjacent to an activating group) is 2. The summed E-state index contributed by atoms with van der Waals surface area (Å²) in [6.45, 7) is 14.4. The number of aliphatic hydroxyl groups is 1. The highest BCUT2D eigenvalue weighted by molar-refractivity contribution is 9.12. The number of anilines is 1. The van der Waals surface area contributed by atoms with Gasteiger partial charge in [-0.1, -0.05) is 66.9 Å². The molecule has 21 nitrogen and oxygen atoms in total. The molecule has 1 fully saturated rings. The van der Waals surface area contributed by atoms with E-state index in [2.05, 4.69) is 52.8 Å². The summed E-state index contributed by atoms with van der Waals surface area (Å²) in [6.07, 6.45) is 5.19. The molecular weight excluding hydrogens is 1080 g/mol. The number of carbonyl (C=O) groups excluding carboxylic acids is 7. The standard InChI is InChI=1S/C54H84BrN9O12S/c1-10-12-22-56-45(67)18-15-24-58-49(70)38(55)29-47(69)57-23-16-19-46(68)60-39-28-36(20-21-43(39)66)27-37(26-34(6)54(74)75)59-50(71)40-31-77-52(61-40)44(76-35(7)65)30-42(32(3)4)64(9)53(73)48(33(5)11-2)62-51(72)41-17-13-14-25-63(41)8/h20-21,28-29,31-34,37,41-42,44,48,50,59,66,71H,10-19,22-27,30H2,1-9H3,(H,56,67)(H,57,69)(H,58,70)(H,60,68)(H,62,72)(H,74,75)/b38-29-/t33-,34?,37?,41+,42?,44+,48-,50?/m0/s1. The fraction of sp³-hybridized carbons (Fsp3) is 0.648. The third kappa shape index (κ3) is 22.8. The van der Waals surface area contributed by atoms with E-state index in [9.17, 15) is 53.7 Å². The minimum absolute atomic E-state index is 0.00829. The Labute approximate surface area is 466 Å². The van der Waals surface area contributed by atoms with Crippen molar-refractivity contribution in [3.8, 4) is 5.75 Å². The van der Waals surface area contributed by atoms with Gasteiger partial charge in [0.25, 0.3) is 5.91 Å². The molecule has 77 heavy (non-hydrogen) atoms. The maximum Gasteiger partial charge on any atom is 0.306 e. The number of benzene rings is 1. The van der Waals surface area contributed by atoms with Gasteiger partial charge in [0.2, 0.25) is 29.5 Å². The van der Waals surface area contributed by atoms with E-state index in [-0.39, 0.29) is 109 Å². The van der Waals surface area contributed by atoms with Crippen molar-refractivity contribution >= 4 is 80.3 Å². The average Bonchev–Trinajstić information content (AvgIpc) is 3.88. The molecule has 0 bridgehead atoms. The number of carbonyl (C=O) groups is 8. The van der Waals surface area contributed by atoms with Crippen LogP contribution >= 0.6 is 27.3 Å². The number of piperidine rings is 1. The summed E-state index contributed by atoms with van der Waals surface area (Å²) in [6, 6.07) is 2.31. The monoisotopic (exact) mass is 1160 g/mol. The first-order valence-corrected chi connectivity index (χ1v) is 28.5.